The van der Waals surface area contributed by atoms with Gasteiger partial charge in [0.2, 0.25) is 0 Å². The molecule has 2 aliphatic heterocycles. The topological polar surface area (TPSA) is 84.7 Å². The van der Waals surface area contributed by atoms with E-state index >= 15 is 0 Å². The van der Waals surface area contributed by atoms with E-state index in [9.17, 15) is 14.4 Å². The van der Waals surface area contributed by atoms with Crippen molar-refractivity contribution in [3.63, 3.8) is 0 Å². The summed E-state index contributed by atoms with van der Waals surface area (Å²) in [6.07, 6.45) is 1.08. The van der Waals surface area contributed by atoms with E-state index in [2.05, 4.69) is 4.90 Å². The predicted octanol–water partition coefficient (Wildman–Crippen LogP) is 3.70. The second-order valence-electron chi connectivity index (χ2n) is 9.98. The van der Waals surface area contributed by atoms with Gasteiger partial charge in [-0.15, -0.1) is 0 Å². The van der Waals surface area contributed by atoms with E-state index in [1.807, 2.05) is 42.5 Å². The number of aromatic nitrogens is 2. The lowest BCUT2D eigenvalue weighted by atomic mass is 10.0. The minimum Gasteiger partial charge on any atom is -0.379 e. The molecule has 1 aromatic heterocycles. The predicted molar refractivity (Wildman–Crippen MR) is 148 cm³/mol. The summed E-state index contributed by atoms with van der Waals surface area (Å²) in [5.41, 5.74) is 2.09. The number of benzene rings is 3. The number of para-hydroxylation sites is 1. The van der Waals surface area contributed by atoms with Gasteiger partial charge in [0, 0.05) is 32.6 Å². The smallest absolute Gasteiger partial charge is 0.262 e. The third kappa shape index (κ3) is 4.89. The second kappa shape index (κ2) is 10.9. The molecule has 0 spiro atoms. The zero-order chi connectivity index (χ0) is 26.8. The van der Waals surface area contributed by atoms with Crippen molar-refractivity contribution in [2.45, 2.75) is 25.4 Å². The summed E-state index contributed by atoms with van der Waals surface area (Å²) >= 11 is 0. The first-order valence-corrected chi connectivity index (χ1v) is 13.4. The summed E-state index contributed by atoms with van der Waals surface area (Å²) < 4.78 is 7.15. The van der Waals surface area contributed by atoms with Gasteiger partial charge in [0.15, 0.2) is 0 Å². The fourth-order valence-electron chi connectivity index (χ4n) is 5.56. The number of imide groups is 1. The van der Waals surface area contributed by atoms with Crippen LogP contribution in [0.4, 0.5) is 0 Å². The van der Waals surface area contributed by atoms with Gasteiger partial charge in [-0.2, -0.15) is 0 Å². The summed E-state index contributed by atoms with van der Waals surface area (Å²) in [6, 6.07) is 23.1. The SMILES string of the molecule is O=C1c2ccccc2C(=O)N1[C@H](Cc1ccccc1)c1nc2ccccc2c(=O)n1CCCN1CCOCC1. The van der Waals surface area contributed by atoms with E-state index in [0.717, 1.165) is 31.6 Å². The molecule has 0 unspecified atom stereocenters. The lowest BCUT2D eigenvalue weighted by Crippen LogP contribution is -2.40. The highest BCUT2D eigenvalue weighted by atomic mass is 16.5. The Hall–Kier alpha value is -4.14. The molecule has 4 aromatic rings. The maximum absolute atomic E-state index is 13.9. The minimum absolute atomic E-state index is 0.160. The van der Waals surface area contributed by atoms with Crippen molar-refractivity contribution in [2.24, 2.45) is 0 Å². The quantitative estimate of drug-likeness (QED) is 0.328. The van der Waals surface area contributed by atoms with E-state index in [0.29, 0.717) is 54.0 Å². The second-order valence-corrected chi connectivity index (χ2v) is 9.98. The molecule has 1 saturated heterocycles. The van der Waals surface area contributed by atoms with E-state index in [1.54, 1.807) is 41.0 Å². The van der Waals surface area contributed by atoms with Gasteiger partial charge in [0.05, 0.1) is 35.2 Å². The summed E-state index contributed by atoms with van der Waals surface area (Å²) in [6.45, 7) is 4.40. The maximum Gasteiger partial charge on any atom is 0.262 e. The van der Waals surface area contributed by atoms with Gasteiger partial charge in [0.25, 0.3) is 17.4 Å². The van der Waals surface area contributed by atoms with Crippen LogP contribution in [-0.4, -0.2) is 64.0 Å². The molecule has 0 radical (unpaired) electrons. The molecule has 1 atom stereocenters. The van der Waals surface area contributed by atoms with Crippen molar-refractivity contribution in [3.8, 4) is 0 Å². The molecule has 198 valence electrons. The average Bonchev–Trinajstić information content (AvgIpc) is 3.23. The number of carbonyl (C=O) groups is 2. The summed E-state index contributed by atoms with van der Waals surface area (Å²) in [7, 11) is 0. The number of ether oxygens (including phenoxy) is 1. The van der Waals surface area contributed by atoms with E-state index in [-0.39, 0.29) is 17.4 Å². The van der Waals surface area contributed by atoms with Crippen LogP contribution in [0, 0.1) is 0 Å². The van der Waals surface area contributed by atoms with Gasteiger partial charge in [-0.1, -0.05) is 54.6 Å². The minimum atomic E-state index is -0.750. The van der Waals surface area contributed by atoms with E-state index < -0.39 is 6.04 Å². The zero-order valence-corrected chi connectivity index (χ0v) is 21.7. The van der Waals surface area contributed by atoms with Gasteiger partial charge in [-0.05, 0) is 36.2 Å². The molecule has 0 bridgehead atoms. The molecule has 3 heterocycles. The van der Waals surface area contributed by atoms with Crippen LogP contribution in [0.25, 0.3) is 10.9 Å². The highest BCUT2D eigenvalue weighted by Crippen LogP contribution is 2.33. The third-order valence-electron chi connectivity index (χ3n) is 7.56. The van der Waals surface area contributed by atoms with Crippen LogP contribution in [0.3, 0.4) is 0 Å². The number of carbonyl (C=O) groups excluding carboxylic acids is 2. The molecular formula is C31H30N4O4. The van der Waals surface area contributed by atoms with E-state index in [1.165, 1.54) is 4.90 Å². The Labute approximate surface area is 226 Å². The summed E-state index contributed by atoms with van der Waals surface area (Å²) in [5, 5.41) is 0.522. The first kappa shape index (κ1) is 25.2. The monoisotopic (exact) mass is 522 g/mol. The molecule has 2 aliphatic rings. The third-order valence-corrected chi connectivity index (χ3v) is 7.56. The molecule has 0 N–H and O–H groups in total. The molecule has 8 nitrogen and oxygen atoms in total. The van der Waals surface area contributed by atoms with Gasteiger partial charge in [0.1, 0.15) is 11.9 Å². The Bertz CT molecular complexity index is 1540. The van der Waals surface area contributed by atoms with Crippen LogP contribution < -0.4 is 5.56 Å². The Morgan fingerprint density at radius 3 is 2.13 bits per heavy atom. The van der Waals surface area contributed by atoms with Gasteiger partial charge < -0.3 is 4.74 Å². The first-order chi connectivity index (χ1) is 19.1. The van der Waals surface area contributed by atoms with Crippen molar-refractivity contribution >= 4 is 22.7 Å². The Kier molecular flexibility index (Phi) is 7.04. The first-order valence-electron chi connectivity index (χ1n) is 13.4. The molecule has 39 heavy (non-hydrogen) atoms. The van der Waals surface area contributed by atoms with Gasteiger partial charge in [-0.25, -0.2) is 4.98 Å². The van der Waals surface area contributed by atoms with Crippen molar-refractivity contribution in [1.29, 1.82) is 0 Å². The number of nitrogens with zero attached hydrogens (tertiary/aromatic N) is 4. The van der Waals surface area contributed by atoms with Crippen LogP contribution in [0.1, 0.15) is 44.6 Å². The number of amides is 2. The van der Waals surface area contributed by atoms with Gasteiger partial charge >= 0.3 is 0 Å². The number of hydrogen-bond acceptors (Lipinski definition) is 6. The Balaban J connectivity index is 1.45. The normalized spacial score (nSPS) is 16.6. The highest BCUT2D eigenvalue weighted by molar-refractivity contribution is 6.21. The number of hydrogen-bond donors (Lipinski definition) is 0. The van der Waals surface area contributed by atoms with Crippen molar-refractivity contribution in [1.82, 2.24) is 19.4 Å². The van der Waals surface area contributed by atoms with Crippen molar-refractivity contribution < 1.29 is 14.3 Å². The standard InChI is InChI=1S/C31H30N4O4/c36-29-25-13-6-7-14-26(25)32-28(34(29)16-8-15-33-17-19-39-20-18-33)27(21-22-9-2-1-3-10-22)35-30(37)23-11-4-5-12-24(23)31(35)38/h1-7,9-14,27H,8,15-21H2/t27-/m1/s1. The molecular weight excluding hydrogens is 492 g/mol. The highest BCUT2D eigenvalue weighted by Gasteiger charge is 2.42. The molecule has 8 heteroatoms. The lowest BCUT2D eigenvalue weighted by Gasteiger charge is -2.29. The average molecular weight is 523 g/mol. The van der Waals surface area contributed by atoms with Crippen molar-refractivity contribution in [3.05, 3.63) is 112 Å². The van der Waals surface area contributed by atoms with Crippen LogP contribution in [0.2, 0.25) is 0 Å². The molecule has 1 fully saturated rings. The Morgan fingerprint density at radius 1 is 0.769 bits per heavy atom. The van der Waals surface area contributed by atoms with Crippen LogP contribution in [0.5, 0.6) is 0 Å². The Morgan fingerprint density at radius 2 is 1.41 bits per heavy atom. The van der Waals surface area contributed by atoms with Crippen LogP contribution >= 0.6 is 0 Å². The van der Waals surface area contributed by atoms with Crippen LogP contribution in [0.15, 0.2) is 83.7 Å². The van der Waals surface area contributed by atoms with E-state index in [4.69, 9.17) is 9.72 Å². The lowest BCUT2D eigenvalue weighted by molar-refractivity contribution is 0.0368. The zero-order valence-electron chi connectivity index (χ0n) is 21.7. The fraction of sp³-hybridized carbons (Fsp3) is 0.290. The number of morpholine rings is 1. The number of fused-ring (bicyclic) bond motifs is 2. The van der Waals surface area contributed by atoms with Crippen molar-refractivity contribution in [2.75, 3.05) is 32.8 Å². The molecule has 3 aromatic carbocycles. The molecule has 0 aliphatic carbocycles. The number of rotatable bonds is 8. The fourth-order valence-corrected chi connectivity index (χ4v) is 5.56. The summed E-state index contributed by atoms with van der Waals surface area (Å²) in [4.78, 5) is 49.8. The molecule has 2 amide bonds. The van der Waals surface area contributed by atoms with Crippen LogP contribution in [-0.2, 0) is 17.7 Å². The molecule has 0 saturated carbocycles. The molecule has 6 rings (SSSR count). The maximum atomic E-state index is 13.9. The van der Waals surface area contributed by atoms with Gasteiger partial charge in [-0.3, -0.25) is 28.8 Å². The largest absolute Gasteiger partial charge is 0.379 e. The summed E-state index contributed by atoms with van der Waals surface area (Å²) in [5.74, 6) is -0.295.